The Morgan fingerprint density at radius 2 is 2.05 bits per heavy atom. The second kappa shape index (κ2) is 11.5. The summed E-state index contributed by atoms with van der Waals surface area (Å²) in [7, 11) is 3.49. The number of ether oxygens (including phenoxy) is 1. The maximum Gasteiger partial charge on any atom is 0.241 e. The van der Waals surface area contributed by atoms with Crippen molar-refractivity contribution in [2.24, 2.45) is 5.92 Å². The molecule has 0 aliphatic carbocycles. The number of benzene rings is 1. The minimum atomic E-state index is -0.120. The van der Waals surface area contributed by atoms with Crippen LogP contribution in [0.3, 0.4) is 0 Å². The second-order valence-corrected chi connectivity index (χ2v) is 10.6. The van der Waals surface area contributed by atoms with Gasteiger partial charge in [-0.15, -0.1) is 0 Å². The summed E-state index contributed by atoms with van der Waals surface area (Å²) in [6, 6.07) is 5.79. The summed E-state index contributed by atoms with van der Waals surface area (Å²) in [6.45, 7) is 5.30. The van der Waals surface area contributed by atoms with Crippen molar-refractivity contribution in [1.29, 1.82) is 0 Å². The minimum absolute atomic E-state index is 0.0142. The first-order valence-corrected chi connectivity index (χ1v) is 13.3. The van der Waals surface area contributed by atoms with Crippen molar-refractivity contribution >= 4 is 28.4 Å². The molecule has 2 saturated heterocycles. The van der Waals surface area contributed by atoms with Crippen LogP contribution in [-0.2, 0) is 22.6 Å². The summed E-state index contributed by atoms with van der Waals surface area (Å²) in [4.78, 5) is 22.7. The minimum Gasteiger partial charge on any atom is -0.395 e. The van der Waals surface area contributed by atoms with E-state index in [1.54, 1.807) is 19.0 Å². The molecular weight excluding hydrogens is 496 g/mol. The van der Waals surface area contributed by atoms with Crippen molar-refractivity contribution < 1.29 is 19.2 Å². The van der Waals surface area contributed by atoms with E-state index in [0.29, 0.717) is 48.8 Å². The molecule has 2 fully saturated rings. The van der Waals surface area contributed by atoms with E-state index in [9.17, 15) is 9.90 Å². The SMILES string of the molecule is CN(C)C(=O)CN1CCN(Cc2nc(-c3cn(CC4CCOCC4)c4c(Cl)cccc34)no2)CC1CO. The van der Waals surface area contributed by atoms with Gasteiger partial charge in [0.25, 0.3) is 0 Å². The molecule has 4 heterocycles. The molecule has 11 heteroatoms. The number of nitrogens with zero attached hydrogens (tertiary/aromatic N) is 6. The highest BCUT2D eigenvalue weighted by Gasteiger charge is 2.29. The van der Waals surface area contributed by atoms with Gasteiger partial charge in [0.2, 0.25) is 17.6 Å². The van der Waals surface area contributed by atoms with Gasteiger partial charge in [0, 0.05) is 76.7 Å². The number of amides is 1. The summed E-state index contributed by atoms with van der Waals surface area (Å²) in [5.41, 5.74) is 1.89. The van der Waals surface area contributed by atoms with E-state index >= 15 is 0 Å². The van der Waals surface area contributed by atoms with Crippen LogP contribution in [0.2, 0.25) is 5.02 Å². The first kappa shape index (κ1) is 26.1. The van der Waals surface area contributed by atoms with Crippen molar-refractivity contribution in [3.05, 3.63) is 35.3 Å². The maximum absolute atomic E-state index is 12.2. The van der Waals surface area contributed by atoms with Crippen LogP contribution < -0.4 is 0 Å². The molecule has 5 rings (SSSR count). The van der Waals surface area contributed by atoms with Crippen LogP contribution in [0.5, 0.6) is 0 Å². The van der Waals surface area contributed by atoms with Gasteiger partial charge in [-0.1, -0.05) is 28.9 Å². The number of likely N-dealkylation sites (N-methyl/N-ethyl adjacent to an activating group) is 1. The van der Waals surface area contributed by atoms with E-state index in [-0.39, 0.29) is 18.6 Å². The van der Waals surface area contributed by atoms with Crippen LogP contribution >= 0.6 is 11.6 Å². The number of carbonyl (C=O) groups is 1. The van der Waals surface area contributed by atoms with Gasteiger partial charge >= 0.3 is 0 Å². The summed E-state index contributed by atoms with van der Waals surface area (Å²) >= 11 is 6.64. The highest BCUT2D eigenvalue weighted by Crippen LogP contribution is 2.34. The Kier molecular flexibility index (Phi) is 8.11. The van der Waals surface area contributed by atoms with Gasteiger partial charge in [-0.25, -0.2) is 0 Å². The molecule has 2 aliphatic rings. The lowest BCUT2D eigenvalue weighted by Crippen LogP contribution is -2.56. The molecule has 200 valence electrons. The fourth-order valence-electron chi connectivity index (χ4n) is 5.26. The fraction of sp³-hybridized carbons (Fsp3) is 0.577. The lowest BCUT2D eigenvalue weighted by Gasteiger charge is -2.40. The monoisotopic (exact) mass is 530 g/mol. The molecule has 0 saturated carbocycles. The van der Waals surface area contributed by atoms with E-state index in [1.807, 2.05) is 23.1 Å². The zero-order chi connectivity index (χ0) is 25.9. The molecule has 2 aliphatic heterocycles. The average Bonchev–Trinajstić information content (AvgIpc) is 3.50. The Hall–Kier alpha value is -2.50. The topological polar surface area (TPSA) is 100 Å². The fourth-order valence-corrected chi connectivity index (χ4v) is 5.54. The van der Waals surface area contributed by atoms with Crippen LogP contribution in [0.15, 0.2) is 28.9 Å². The van der Waals surface area contributed by atoms with E-state index in [0.717, 1.165) is 55.6 Å². The number of halogens is 1. The highest BCUT2D eigenvalue weighted by molar-refractivity contribution is 6.35. The van der Waals surface area contributed by atoms with Gasteiger partial charge in [0.05, 0.1) is 30.2 Å². The zero-order valence-corrected chi connectivity index (χ0v) is 22.2. The Morgan fingerprint density at radius 1 is 1.24 bits per heavy atom. The molecule has 1 N–H and O–H groups in total. The number of piperazine rings is 1. The molecule has 1 amide bonds. The number of aromatic nitrogens is 3. The van der Waals surface area contributed by atoms with E-state index in [4.69, 9.17) is 25.8 Å². The normalized spacial score (nSPS) is 20.1. The highest BCUT2D eigenvalue weighted by atomic mass is 35.5. The first-order chi connectivity index (χ1) is 17.9. The lowest BCUT2D eigenvalue weighted by atomic mass is 10.0. The van der Waals surface area contributed by atoms with Crippen LogP contribution in [0.4, 0.5) is 0 Å². The number of aliphatic hydroxyl groups is 1. The molecule has 0 radical (unpaired) electrons. The van der Waals surface area contributed by atoms with E-state index < -0.39 is 0 Å². The van der Waals surface area contributed by atoms with Gasteiger partial charge in [-0.05, 0) is 24.8 Å². The third kappa shape index (κ3) is 5.83. The molecule has 10 nitrogen and oxygen atoms in total. The maximum atomic E-state index is 12.2. The molecule has 2 aromatic heterocycles. The summed E-state index contributed by atoms with van der Waals surface area (Å²) in [5, 5.41) is 15.9. The van der Waals surface area contributed by atoms with Gasteiger partial charge in [0.15, 0.2) is 0 Å². The van der Waals surface area contributed by atoms with Crippen molar-refractivity contribution in [2.75, 3.05) is 60.1 Å². The van der Waals surface area contributed by atoms with Crippen LogP contribution in [-0.4, -0.2) is 107 Å². The summed E-state index contributed by atoms with van der Waals surface area (Å²) < 4.78 is 13.4. The molecule has 3 aromatic rings. The van der Waals surface area contributed by atoms with Crippen molar-refractivity contribution in [2.45, 2.75) is 32.0 Å². The quantitative estimate of drug-likeness (QED) is 0.474. The number of aliphatic hydroxyl groups excluding tert-OH is 1. The number of fused-ring (bicyclic) bond motifs is 1. The summed E-state index contributed by atoms with van der Waals surface area (Å²) in [6.07, 6.45) is 4.16. The standard InChI is InChI=1S/C26H35ClN6O4/c1-30(2)24(35)16-32-9-8-31(13-19(32)17-34)15-23-28-26(29-37-23)21-14-33(12-18-6-10-36-11-7-18)25-20(21)4-3-5-22(25)27/h3-5,14,18-19,34H,6-13,15-17H2,1-2H3. The first-order valence-electron chi connectivity index (χ1n) is 12.9. The number of para-hydroxylation sites is 1. The number of hydrogen-bond acceptors (Lipinski definition) is 8. The average molecular weight is 531 g/mol. The van der Waals surface area contributed by atoms with Crippen LogP contribution in [0.25, 0.3) is 22.3 Å². The van der Waals surface area contributed by atoms with Gasteiger partial charge in [-0.2, -0.15) is 4.98 Å². The molecule has 1 atom stereocenters. The predicted molar refractivity (Wildman–Crippen MR) is 140 cm³/mol. The smallest absolute Gasteiger partial charge is 0.241 e. The number of rotatable bonds is 8. The molecule has 1 unspecified atom stereocenters. The van der Waals surface area contributed by atoms with Crippen LogP contribution in [0.1, 0.15) is 18.7 Å². The van der Waals surface area contributed by atoms with Crippen molar-refractivity contribution in [1.82, 2.24) is 29.4 Å². The Balaban J connectivity index is 1.30. The Bertz CT molecular complexity index is 1220. The van der Waals surface area contributed by atoms with Crippen LogP contribution in [0, 0.1) is 5.92 Å². The number of hydrogen-bond donors (Lipinski definition) is 1. The molecule has 0 spiro atoms. The molecule has 1 aromatic carbocycles. The largest absolute Gasteiger partial charge is 0.395 e. The predicted octanol–water partition coefficient (Wildman–Crippen LogP) is 2.34. The van der Waals surface area contributed by atoms with Crippen molar-refractivity contribution in [3.63, 3.8) is 0 Å². The van der Waals surface area contributed by atoms with Gasteiger partial charge in [0.1, 0.15) is 0 Å². The third-order valence-corrected chi connectivity index (χ3v) is 7.75. The molecular formula is C26H35ClN6O4. The van der Waals surface area contributed by atoms with Gasteiger partial charge < -0.3 is 23.8 Å². The number of carbonyl (C=O) groups excluding carboxylic acids is 1. The van der Waals surface area contributed by atoms with Gasteiger partial charge in [-0.3, -0.25) is 14.6 Å². The third-order valence-electron chi connectivity index (χ3n) is 7.45. The summed E-state index contributed by atoms with van der Waals surface area (Å²) in [5.74, 6) is 1.64. The Labute approximate surface area is 221 Å². The van der Waals surface area contributed by atoms with E-state index in [2.05, 4.69) is 20.8 Å². The molecule has 0 bridgehead atoms. The van der Waals surface area contributed by atoms with Crippen molar-refractivity contribution in [3.8, 4) is 11.4 Å². The Morgan fingerprint density at radius 3 is 2.81 bits per heavy atom. The second-order valence-electron chi connectivity index (χ2n) is 10.2. The molecule has 37 heavy (non-hydrogen) atoms. The lowest BCUT2D eigenvalue weighted by molar-refractivity contribution is -0.131. The zero-order valence-electron chi connectivity index (χ0n) is 21.5. The van der Waals surface area contributed by atoms with E-state index in [1.165, 1.54) is 0 Å².